The van der Waals surface area contributed by atoms with Crippen LogP contribution in [0.1, 0.15) is 10.6 Å². The van der Waals surface area contributed by atoms with Gasteiger partial charge < -0.3 is 9.73 Å². The van der Waals surface area contributed by atoms with Crippen LogP contribution in [0.4, 0.5) is 5.69 Å². The molecule has 1 N–H and O–H groups in total. The van der Waals surface area contributed by atoms with E-state index in [2.05, 4.69) is 5.32 Å². The number of hydrogen-bond acceptors (Lipinski definition) is 3. The van der Waals surface area contributed by atoms with Crippen molar-refractivity contribution in [2.75, 3.05) is 5.32 Å². The third kappa shape index (κ3) is 2.98. The average Bonchev–Trinajstić information content (AvgIpc) is 2.46. The number of carbonyl (C=O) groups excluding carboxylic acids is 1. The van der Waals surface area contributed by atoms with Crippen LogP contribution in [0.15, 0.2) is 57.7 Å². The van der Waals surface area contributed by atoms with Crippen molar-refractivity contribution in [1.29, 1.82) is 0 Å². The second kappa shape index (κ2) is 5.83. The van der Waals surface area contributed by atoms with E-state index >= 15 is 0 Å². The predicted octanol–water partition coefficient (Wildman–Crippen LogP) is 4.35. The lowest BCUT2D eigenvalue weighted by molar-refractivity contribution is 0.0997. The number of nitrogens with one attached hydrogen (secondary N) is 1. The fourth-order valence-electron chi connectivity index (χ4n) is 2.03. The highest BCUT2D eigenvalue weighted by atomic mass is 35.5. The first-order valence-corrected chi connectivity index (χ1v) is 7.09. The number of anilines is 1. The van der Waals surface area contributed by atoms with Crippen molar-refractivity contribution >= 4 is 45.8 Å². The van der Waals surface area contributed by atoms with Gasteiger partial charge in [0.05, 0.1) is 5.39 Å². The lowest BCUT2D eigenvalue weighted by Gasteiger charge is -2.06. The monoisotopic (exact) mass is 333 g/mol. The van der Waals surface area contributed by atoms with Crippen molar-refractivity contribution in [2.45, 2.75) is 0 Å². The molecule has 22 heavy (non-hydrogen) atoms. The Balaban J connectivity index is 1.97. The second-order valence-electron chi connectivity index (χ2n) is 4.58. The average molecular weight is 334 g/mol. The fourth-order valence-corrected chi connectivity index (χ4v) is 2.56. The van der Waals surface area contributed by atoms with E-state index in [0.717, 1.165) is 6.07 Å². The summed E-state index contributed by atoms with van der Waals surface area (Å²) >= 11 is 11.7. The molecule has 1 aromatic heterocycles. The Bertz CT molecular complexity index is 914. The molecule has 0 atom stereocenters. The van der Waals surface area contributed by atoms with Crippen molar-refractivity contribution in [2.24, 2.45) is 0 Å². The summed E-state index contributed by atoms with van der Waals surface area (Å²) in [5, 5.41) is 3.80. The van der Waals surface area contributed by atoms with Crippen molar-refractivity contribution in [3.63, 3.8) is 0 Å². The molecule has 0 fully saturated rings. The topological polar surface area (TPSA) is 59.3 Å². The zero-order valence-corrected chi connectivity index (χ0v) is 12.6. The minimum atomic E-state index is -0.554. The van der Waals surface area contributed by atoms with Gasteiger partial charge in [0.2, 0.25) is 0 Å². The summed E-state index contributed by atoms with van der Waals surface area (Å²) < 4.78 is 5.46. The van der Waals surface area contributed by atoms with E-state index in [1.165, 1.54) is 0 Å². The molecule has 1 amide bonds. The van der Waals surface area contributed by atoms with Gasteiger partial charge in [0.15, 0.2) is 11.2 Å². The standard InChI is InChI=1S/C16H9Cl2NO3/c17-9-5-10(18)7-11(6-9)19-16(21)15-8-13(20)12-3-1-2-4-14(12)22-15/h1-8H,(H,19,21). The number of benzene rings is 2. The molecular weight excluding hydrogens is 325 g/mol. The highest BCUT2D eigenvalue weighted by Crippen LogP contribution is 2.23. The summed E-state index contributed by atoms with van der Waals surface area (Å²) in [5.74, 6) is -0.638. The van der Waals surface area contributed by atoms with E-state index in [0.29, 0.717) is 26.7 Å². The summed E-state index contributed by atoms with van der Waals surface area (Å²) in [5.41, 5.74) is 0.485. The third-order valence-corrected chi connectivity index (χ3v) is 3.42. The maximum atomic E-state index is 12.2. The van der Waals surface area contributed by atoms with Crippen molar-refractivity contribution < 1.29 is 9.21 Å². The van der Waals surface area contributed by atoms with Gasteiger partial charge in [-0.2, -0.15) is 0 Å². The number of hydrogen-bond donors (Lipinski definition) is 1. The van der Waals surface area contributed by atoms with Gasteiger partial charge in [0.25, 0.3) is 5.91 Å². The van der Waals surface area contributed by atoms with Gasteiger partial charge in [-0.25, -0.2) is 0 Å². The summed E-state index contributed by atoms with van der Waals surface area (Å²) in [6.07, 6.45) is 0. The Morgan fingerprint density at radius 1 is 1.00 bits per heavy atom. The first kappa shape index (κ1) is 14.6. The Morgan fingerprint density at radius 2 is 1.68 bits per heavy atom. The zero-order chi connectivity index (χ0) is 15.7. The Kier molecular flexibility index (Phi) is 3.88. The molecule has 3 rings (SSSR count). The number of amides is 1. The number of rotatable bonds is 2. The highest BCUT2D eigenvalue weighted by molar-refractivity contribution is 6.35. The molecule has 0 unspecified atom stereocenters. The first-order chi connectivity index (χ1) is 10.5. The van der Waals surface area contributed by atoms with Gasteiger partial charge in [0, 0.05) is 21.8 Å². The maximum Gasteiger partial charge on any atom is 0.291 e. The molecule has 3 aromatic rings. The molecule has 1 heterocycles. The Morgan fingerprint density at radius 3 is 2.41 bits per heavy atom. The predicted molar refractivity (Wildman–Crippen MR) is 86.9 cm³/mol. The van der Waals surface area contributed by atoms with E-state index < -0.39 is 5.91 Å². The highest BCUT2D eigenvalue weighted by Gasteiger charge is 2.13. The van der Waals surface area contributed by atoms with Gasteiger partial charge in [0.1, 0.15) is 5.58 Å². The van der Waals surface area contributed by atoms with Crippen molar-refractivity contribution in [3.8, 4) is 0 Å². The van der Waals surface area contributed by atoms with Crippen LogP contribution in [0.3, 0.4) is 0 Å². The second-order valence-corrected chi connectivity index (χ2v) is 5.46. The van der Waals surface area contributed by atoms with Gasteiger partial charge in [-0.05, 0) is 30.3 Å². The van der Waals surface area contributed by atoms with E-state index in [-0.39, 0.29) is 11.2 Å². The lowest BCUT2D eigenvalue weighted by atomic mass is 10.2. The van der Waals surface area contributed by atoms with Crippen LogP contribution in [0.5, 0.6) is 0 Å². The molecule has 0 saturated heterocycles. The summed E-state index contributed by atoms with van der Waals surface area (Å²) in [7, 11) is 0. The molecule has 0 spiro atoms. The fraction of sp³-hybridized carbons (Fsp3) is 0. The molecule has 0 radical (unpaired) electrons. The molecule has 0 bridgehead atoms. The maximum absolute atomic E-state index is 12.2. The number of carbonyl (C=O) groups is 1. The smallest absolute Gasteiger partial charge is 0.291 e. The molecule has 0 saturated carbocycles. The van der Waals surface area contributed by atoms with Crippen LogP contribution in [0.25, 0.3) is 11.0 Å². The Labute approximate surface area is 135 Å². The molecule has 0 aliphatic rings. The number of halogens is 2. The van der Waals surface area contributed by atoms with Crippen LogP contribution in [-0.2, 0) is 0 Å². The van der Waals surface area contributed by atoms with Gasteiger partial charge >= 0.3 is 0 Å². The van der Waals surface area contributed by atoms with E-state index in [4.69, 9.17) is 27.6 Å². The molecular formula is C16H9Cl2NO3. The van der Waals surface area contributed by atoms with Crippen molar-refractivity contribution in [3.05, 3.63) is 74.6 Å². The summed E-state index contributed by atoms with van der Waals surface area (Å²) in [6.45, 7) is 0. The first-order valence-electron chi connectivity index (χ1n) is 6.33. The lowest BCUT2D eigenvalue weighted by Crippen LogP contribution is -2.14. The Hall–Kier alpha value is -2.30. The van der Waals surface area contributed by atoms with Crippen LogP contribution >= 0.6 is 23.2 Å². The molecule has 0 aliphatic carbocycles. The van der Waals surface area contributed by atoms with E-state index in [1.54, 1.807) is 42.5 Å². The van der Waals surface area contributed by atoms with Crippen LogP contribution in [-0.4, -0.2) is 5.91 Å². The minimum absolute atomic E-state index is 0.0835. The minimum Gasteiger partial charge on any atom is -0.451 e. The van der Waals surface area contributed by atoms with Gasteiger partial charge in [-0.15, -0.1) is 0 Å². The van der Waals surface area contributed by atoms with Crippen molar-refractivity contribution in [1.82, 2.24) is 0 Å². The largest absolute Gasteiger partial charge is 0.451 e. The zero-order valence-electron chi connectivity index (χ0n) is 11.1. The molecule has 110 valence electrons. The van der Waals surface area contributed by atoms with E-state index in [9.17, 15) is 9.59 Å². The van der Waals surface area contributed by atoms with Crippen LogP contribution < -0.4 is 10.7 Å². The normalized spacial score (nSPS) is 10.6. The quantitative estimate of drug-likeness (QED) is 0.758. The van der Waals surface area contributed by atoms with E-state index in [1.807, 2.05) is 0 Å². The van der Waals surface area contributed by atoms with Gasteiger partial charge in [-0.3, -0.25) is 9.59 Å². The van der Waals surface area contributed by atoms with Crippen LogP contribution in [0, 0.1) is 0 Å². The van der Waals surface area contributed by atoms with Gasteiger partial charge in [-0.1, -0.05) is 35.3 Å². The molecule has 0 aliphatic heterocycles. The SMILES string of the molecule is O=C(Nc1cc(Cl)cc(Cl)c1)c1cc(=O)c2ccccc2o1. The number of para-hydroxylation sites is 1. The number of fused-ring (bicyclic) bond motifs is 1. The molecule has 4 nitrogen and oxygen atoms in total. The summed E-state index contributed by atoms with van der Waals surface area (Å²) in [6, 6.07) is 12.5. The molecule has 2 aromatic carbocycles. The van der Waals surface area contributed by atoms with Crippen LogP contribution in [0.2, 0.25) is 10.0 Å². The summed E-state index contributed by atoms with van der Waals surface area (Å²) in [4.78, 5) is 24.2. The molecule has 6 heteroatoms. The third-order valence-electron chi connectivity index (χ3n) is 2.98.